The first-order valence-electron chi connectivity index (χ1n) is 11.3. The molecule has 1 saturated carbocycles. The predicted molar refractivity (Wildman–Crippen MR) is 111 cm³/mol. The second-order valence-corrected chi connectivity index (χ2v) is 13.1. The van der Waals surface area contributed by atoms with Crippen LogP contribution in [-0.2, 0) is 0 Å². The summed E-state index contributed by atoms with van der Waals surface area (Å²) < 4.78 is 55.5. The van der Waals surface area contributed by atoms with E-state index < -0.39 is 14.8 Å². The third-order valence-electron chi connectivity index (χ3n) is 7.11. The fourth-order valence-electron chi connectivity index (χ4n) is 5.38. The van der Waals surface area contributed by atoms with Crippen LogP contribution in [0.25, 0.3) is 0 Å². The van der Waals surface area contributed by atoms with Crippen molar-refractivity contribution in [1.29, 1.82) is 0 Å². The Labute approximate surface area is 173 Å². The summed E-state index contributed by atoms with van der Waals surface area (Å²) in [5.74, 6) is 1.76. The number of hydrogen-bond donors (Lipinski definition) is 0. The summed E-state index contributed by atoms with van der Waals surface area (Å²) in [4.78, 5) is 0. The van der Waals surface area contributed by atoms with Crippen molar-refractivity contribution in [2.45, 2.75) is 95.1 Å². The Hall–Kier alpha value is -1.04. The Kier molecular flexibility index (Phi) is 7.68. The van der Waals surface area contributed by atoms with E-state index in [0.29, 0.717) is 5.92 Å². The number of halogens is 4. The van der Waals surface area contributed by atoms with Crippen molar-refractivity contribution in [2.24, 2.45) is 11.8 Å². The second-order valence-electron chi connectivity index (χ2n) is 9.26. The first kappa shape index (κ1) is 22.6. The summed E-state index contributed by atoms with van der Waals surface area (Å²) >= 11 is 0. The fraction of sp³-hybridized carbons (Fsp3) is 0.739. The summed E-state index contributed by atoms with van der Waals surface area (Å²) in [6.07, 6.45) is 5.65. The van der Waals surface area contributed by atoms with Crippen LogP contribution in [0.3, 0.4) is 0 Å². The van der Waals surface area contributed by atoms with Gasteiger partial charge in [0, 0.05) is 0 Å². The van der Waals surface area contributed by atoms with Crippen LogP contribution in [0.5, 0.6) is 5.75 Å². The standard InChI is InChI=1S/C23H34F4OSi/c1-2-15-29(27)16-13-19(14-17-29)4-3-18-5-7-20(8-6-18)21-9-11-22(12-10-21)28-23(24,25)26/h9-12,18-20H,2-8,13-17H2,1H3/t18-,19-,20-,29+. The maximum absolute atomic E-state index is 14.7. The molecule has 3 rings (SSSR count). The topological polar surface area (TPSA) is 9.23 Å². The van der Waals surface area contributed by atoms with E-state index in [9.17, 15) is 17.3 Å². The lowest BCUT2D eigenvalue weighted by atomic mass is 9.76. The zero-order chi connectivity index (χ0) is 20.9. The molecule has 29 heavy (non-hydrogen) atoms. The van der Waals surface area contributed by atoms with Gasteiger partial charge in [-0.25, -0.2) is 0 Å². The van der Waals surface area contributed by atoms with Gasteiger partial charge in [-0.1, -0.05) is 51.2 Å². The van der Waals surface area contributed by atoms with Gasteiger partial charge in [-0.05, 0) is 79.3 Å². The third kappa shape index (κ3) is 7.01. The van der Waals surface area contributed by atoms with Crippen LogP contribution in [0.2, 0.25) is 18.1 Å². The minimum absolute atomic E-state index is 0.151. The summed E-state index contributed by atoms with van der Waals surface area (Å²) in [7, 11) is -2.38. The van der Waals surface area contributed by atoms with Crippen LogP contribution in [0.15, 0.2) is 24.3 Å². The van der Waals surface area contributed by atoms with Crippen molar-refractivity contribution in [3.8, 4) is 5.75 Å². The monoisotopic (exact) mass is 430 g/mol. The Morgan fingerprint density at radius 3 is 1.97 bits per heavy atom. The van der Waals surface area contributed by atoms with Gasteiger partial charge in [0.2, 0.25) is 8.41 Å². The molecule has 0 bridgehead atoms. The van der Waals surface area contributed by atoms with E-state index in [1.54, 1.807) is 12.1 Å². The molecule has 0 spiro atoms. The predicted octanol–water partition coefficient (Wildman–Crippen LogP) is 8.37. The highest BCUT2D eigenvalue weighted by molar-refractivity contribution is 6.73. The smallest absolute Gasteiger partial charge is 0.406 e. The average Bonchev–Trinajstić information content (AvgIpc) is 2.68. The summed E-state index contributed by atoms with van der Waals surface area (Å²) in [6, 6.07) is 9.01. The van der Waals surface area contributed by atoms with Crippen molar-refractivity contribution in [3.63, 3.8) is 0 Å². The van der Waals surface area contributed by atoms with Crippen LogP contribution < -0.4 is 4.74 Å². The molecule has 0 amide bonds. The molecule has 0 radical (unpaired) electrons. The van der Waals surface area contributed by atoms with E-state index in [0.717, 1.165) is 67.6 Å². The Morgan fingerprint density at radius 1 is 0.897 bits per heavy atom. The molecule has 0 N–H and O–H groups in total. The molecule has 6 heteroatoms. The van der Waals surface area contributed by atoms with Gasteiger partial charge in [0.1, 0.15) is 5.75 Å². The van der Waals surface area contributed by atoms with Gasteiger partial charge in [-0.3, -0.25) is 0 Å². The van der Waals surface area contributed by atoms with E-state index in [1.165, 1.54) is 37.8 Å². The van der Waals surface area contributed by atoms with Crippen molar-refractivity contribution < 1.29 is 22.0 Å². The first-order valence-corrected chi connectivity index (χ1v) is 13.8. The molecule has 1 aliphatic carbocycles. The lowest BCUT2D eigenvalue weighted by Gasteiger charge is -2.33. The van der Waals surface area contributed by atoms with Gasteiger partial charge in [0.05, 0.1) is 0 Å². The lowest BCUT2D eigenvalue weighted by molar-refractivity contribution is -0.274. The number of ether oxygens (including phenoxy) is 1. The average molecular weight is 431 g/mol. The number of benzene rings is 1. The van der Waals surface area contributed by atoms with Crippen molar-refractivity contribution in [3.05, 3.63) is 29.8 Å². The molecule has 1 aromatic rings. The molecule has 2 fully saturated rings. The minimum atomic E-state index is -4.64. The molecule has 2 aliphatic rings. The SMILES string of the molecule is CCC[Si@]1(F)CC[C@@H](CC[C@H]2CC[C@H](c3ccc(OC(F)(F)F)cc3)CC2)CC1. The normalized spacial score (nSPS) is 30.9. The van der Waals surface area contributed by atoms with Crippen molar-refractivity contribution in [2.75, 3.05) is 0 Å². The molecule has 164 valence electrons. The first-order chi connectivity index (χ1) is 13.8. The number of rotatable bonds is 7. The van der Waals surface area contributed by atoms with E-state index in [4.69, 9.17) is 0 Å². The molecule has 1 aromatic carbocycles. The van der Waals surface area contributed by atoms with Crippen LogP contribution >= 0.6 is 0 Å². The highest BCUT2D eigenvalue weighted by atomic mass is 28.4. The molecular weight excluding hydrogens is 396 g/mol. The minimum Gasteiger partial charge on any atom is -0.406 e. The zero-order valence-electron chi connectivity index (χ0n) is 17.4. The van der Waals surface area contributed by atoms with Gasteiger partial charge in [-0.2, -0.15) is 0 Å². The quantitative estimate of drug-likeness (QED) is 0.240. The van der Waals surface area contributed by atoms with Gasteiger partial charge in [-0.15, -0.1) is 13.2 Å². The molecule has 1 aliphatic heterocycles. The molecule has 0 atom stereocenters. The van der Waals surface area contributed by atoms with Crippen LogP contribution in [0.1, 0.15) is 76.2 Å². The van der Waals surface area contributed by atoms with Gasteiger partial charge in [0.25, 0.3) is 0 Å². The van der Waals surface area contributed by atoms with Crippen molar-refractivity contribution >= 4 is 8.41 Å². The van der Waals surface area contributed by atoms with Gasteiger partial charge < -0.3 is 8.84 Å². The Morgan fingerprint density at radius 2 is 1.45 bits per heavy atom. The molecule has 1 nitrogen and oxygen atoms in total. The fourth-order valence-corrected chi connectivity index (χ4v) is 8.88. The lowest BCUT2D eigenvalue weighted by Crippen LogP contribution is -2.33. The molecule has 1 heterocycles. The summed E-state index contributed by atoms with van der Waals surface area (Å²) in [5.41, 5.74) is 1.12. The van der Waals surface area contributed by atoms with E-state index in [2.05, 4.69) is 11.7 Å². The van der Waals surface area contributed by atoms with Crippen LogP contribution in [0, 0.1) is 11.8 Å². The highest BCUT2D eigenvalue weighted by Gasteiger charge is 2.38. The molecular formula is C23H34F4OSi. The number of hydrogen-bond acceptors (Lipinski definition) is 1. The summed E-state index contributed by atoms with van der Waals surface area (Å²) in [5, 5.41) is 0. The van der Waals surface area contributed by atoms with Gasteiger partial charge >= 0.3 is 6.36 Å². The zero-order valence-corrected chi connectivity index (χ0v) is 18.4. The third-order valence-corrected chi connectivity index (χ3v) is 10.9. The number of alkyl halides is 3. The van der Waals surface area contributed by atoms with Crippen molar-refractivity contribution in [1.82, 2.24) is 0 Å². The van der Waals surface area contributed by atoms with Crippen LogP contribution in [0.4, 0.5) is 17.3 Å². The molecule has 1 saturated heterocycles. The van der Waals surface area contributed by atoms with Gasteiger partial charge in [0.15, 0.2) is 0 Å². The maximum Gasteiger partial charge on any atom is 0.573 e. The van der Waals surface area contributed by atoms with E-state index >= 15 is 0 Å². The largest absolute Gasteiger partial charge is 0.573 e. The summed E-state index contributed by atoms with van der Waals surface area (Å²) in [6.45, 7) is 2.10. The maximum atomic E-state index is 14.7. The van der Waals surface area contributed by atoms with E-state index in [1.807, 2.05) is 0 Å². The molecule has 0 aromatic heterocycles. The molecule has 0 unspecified atom stereocenters. The van der Waals surface area contributed by atoms with E-state index in [-0.39, 0.29) is 5.75 Å². The van der Waals surface area contributed by atoms with Crippen LogP contribution in [-0.4, -0.2) is 14.8 Å². The Bertz CT molecular complexity index is 615. The second kappa shape index (κ2) is 9.84. The Balaban J connectivity index is 1.38. The highest BCUT2D eigenvalue weighted by Crippen LogP contribution is 2.42.